The van der Waals surface area contributed by atoms with Crippen molar-refractivity contribution in [2.24, 2.45) is 0 Å². The van der Waals surface area contributed by atoms with Gasteiger partial charge in [-0.25, -0.2) is 9.78 Å². The van der Waals surface area contributed by atoms with E-state index in [0.29, 0.717) is 17.9 Å². The Bertz CT molecular complexity index is 642. The Labute approximate surface area is 118 Å². The molecular weight excluding hydrogens is 284 g/mol. The lowest BCUT2D eigenvalue weighted by atomic mass is 10.2. The molecule has 3 heterocycles. The van der Waals surface area contributed by atoms with Crippen molar-refractivity contribution in [2.45, 2.75) is 29.9 Å². The quantitative estimate of drug-likeness (QED) is 0.514. The monoisotopic (exact) mass is 298 g/mol. The standard InChI is InChI=1S/C11H14N4O4S/c1-20-10-8-9(14-11(18)13-8)12-4-15(10)7-2-5(17)6(3-16)19-7/h4-7,16-17H,2-3H2,1H3,(H,13,18)/t5-,6+,7?/m0/s1. The third-order valence-electron chi connectivity index (χ3n) is 3.30. The van der Waals surface area contributed by atoms with Gasteiger partial charge in [0.15, 0.2) is 5.82 Å². The summed E-state index contributed by atoms with van der Waals surface area (Å²) in [5, 5.41) is 19.7. The van der Waals surface area contributed by atoms with E-state index in [4.69, 9.17) is 9.84 Å². The summed E-state index contributed by atoms with van der Waals surface area (Å²) in [5.41, 5.74) is 0.108. The van der Waals surface area contributed by atoms with Gasteiger partial charge in [0.2, 0.25) is 0 Å². The number of imidazole rings is 1. The van der Waals surface area contributed by atoms with Gasteiger partial charge < -0.3 is 19.9 Å². The number of fused-ring (bicyclic) bond motifs is 1. The molecule has 0 spiro atoms. The predicted octanol–water partition coefficient (Wildman–Crippen LogP) is -0.566. The molecule has 20 heavy (non-hydrogen) atoms. The Morgan fingerprint density at radius 2 is 2.45 bits per heavy atom. The number of hydrogen-bond acceptors (Lipinski definition) is 7. The SMILES string of the molecule is CSc1c2[nH]c(=O)nc-2ncn1C1C[C@H](O)[C@@H](CO)O1. The summed E-state index contributed by atoms with van der Waals surface area (Å²) in [7, 11) is 0. The number of ether oxygens (including phenoxy) is 1. The molecule has 0 amide bonds. The lowest BCUT2D eigenvalue weighted by molar-refractivity contribution is -0.0474. The third kappa shape index (κ3) is 2.12. The number of thioether (sulfide) groups is 1. The highest BCUT2D eigenvalue weighted by Crippen LogP contribution is 2.34. The van der Waals surface area contributed by atoms with Gasteiger partial charge in [-0.2, -0.15) is 4.98 Å². The van der Waals surface area contributed by atoms with Crippen LogP contribution >= 0.6 is 11.8 Å². The third-order valence-corrected chi connectivity index (χ3v) is 4.11. The summed E-state index contributed by atoms with van der Waals surface area (Å²) in [4.78, 5) is 21.8. The average molecular weight is 298 g/mol. The zero-order chi connectivity index (χ0) is 14.3. The number of nitrogens with one attached hydrogen (secondary N) is 1. The van der Waals surface area contributed by atoms with Crippen molar-refractivity contribution in [3.05, 3.63) is 16.8 Å². The summed E-state index contributed by atoms with van der Waals surface area (Å²) < 4.78 is 7.34. The highest BCUT2D eigenvalue weighted by molar-refractivity contribution is 7.98. The summed E-state index contributed by atoms with van der Waals surface area (Å²) in [6, 6.07) is 0. The zero-order valence-corrected chi connectivity index (χ0v) is 11.5. The van der Waals surface area contributed by atoms with Gasteiger partial charge in [0.25, 0.3) is 0 Å². The number of aliphatic hydroxyl groups excluding tert-OH is 2. The number of H-pyrrole nitrogens is 1. The average Bonchev–Trinajstić information content (AvgIpc) is 2.99. The van der Waals surface area contributed by atoms with Crippen molar-refractivity contribution in [3.63, 3.8) is 0 Å². The molecule has 3 N–H and O–H groups in total. The molecule has 8 nitrogen and oxygen atoms in total. The summed E-state index contributed by atoms with van der Waals surface area (Å²) in [6.45, 7) is -0.239. The second-order valence-electron chi connectivity index (χ2n) is 4.52. The Hall–Kier alpha value is -1.42. The van der Waals surface area contributed by atoms with E-state index in [9.17, 15) is 9.90 Å². The van der Waals surface area contributed by atoms with E-state index >= 15 is 0 Å². The van der Waals surface area contributed by atoms with Crippen LogP contribution in [-0.4, -0.2) is 54.8 Å². The fourth-order valence-corrected chi connectivity index (χ4v) is 3.07. The molecule has 9 heteroatoms. The molecule has 1 unspecified atom stereocenters. The van der Waals surface area contributed by atoms with Gasteiger partial charge in [-0.3, -0.25) is 4.57 Å². The Kier molecular flexibility index (Phi) is 3.50. The minimum atomic E-state index is -0.722. The minimum Gasteiger partial charge on any atom is -0.394 e. The summed E-state index contributed by atoms with van der Waals surface area (Å²) in [5.74, 6) is 0.354. The van der Waals surface area contributed by atoms with Crippen molar-refractivity contribution in [2.75, 3.05) is 12.9 Å². The number of rotatable bonds is 3. The van der Waals surface area contributed by atoms with Gasteiger partial charge in [0.1, 0.15) is 29.4 Å². The lowest BCUT2D eigenvalue weighted by Crippen LogP contribution is -2.24. The zero-order valence-electron chi connectivity index (χ0n) is 10.7. The van der Waals surface area contributed by atoms with Crippen LogP contribution in [-0.2, 0) is 4.74 Å². The smallest absolute Gasteiger partial charge is 0.347 e. The fourth-order valence-electron chi connectivity index (χ4n) is 2.35. The first-order valence-corrected chi connectivity index (χ1v) is 7.31. The van der Waals surface area contributed by atoms with Crippen LogP contribution in [0.3, 0.4) is 0 Å². The number of hydrogen-bond donors (Lipinski definition) is 3. The first kappa shape index (κ1) is 13.6. The van der Waals surface area contributed by atoms with Gasteiger partial charge in [-0.1, -0.05) is 0 Å². The van der Waals surface area contributed by atoms with Gasteiger partial charge >= 0.3 is 5.69 Å². The van der Waals surface area contributed by atoms with Crippen molar-refractivity contribution in [1.29, 1.82) is 0 Å². The maximum Gasteiger partial charge on any atom is 0.347 e. The molecule has 0 bridgehead atoms. The van der Waals surface area contributed by atoms with Crippen LogP contribution in [0.5, 0.6) is 0 Å². The molecule has 1 fully saturated rings. The Balaban J connectivity index is 2.04. The van der Waals surface area contributed by atoms with Gasteiger partial charge in [-0.05, 0) is 6.26 Å². The molecule has 0 radical (unpaired) electrons. The van der Waals surface area contributed by atoms with Gasteiger partial charge in [-0.15, -0.1) is 11.8 Å². The highest BCUT2D eigenvalue weighted by atomic mass is 32.2. The van der Waals surface area contributed by atoms with Crippen LogP contribution in [0.25, 0.3) is 11.5 Å². The van der Waals surface area contributed by atoms with E-state index in [2.05, 4.69) is 15.0 Å². The molecule has 0 aliphatic carbocycles. The first-order chi connectivity index (χ1) is 9.63. The van der Waals surface area contributed by atoms with Crippen LogP contribution in [0.2, 0.25) is 0 Å². The van der Waals surface area contributed by atoms with Crippen LogP contribution in [0.4, 0.5) is 0 Å². The van der Waals surface area contributed by atoms with E-state index in [0.717, 1.165) is 5.03 Å². The lowest BCUT2D eigenvalue weighted by Gasteiger charge is -2.20. The number of aromatic nitrogens is 4. The van der Waals surface area contributed by atoms with Crippen molar-refractivity contribution in [3.8, 4) is 11.5 Å². The van der Waals surface area contributed by atoms with E-state index in [1.807, 2.05) is 6.26 Å². The topological polar surface area (TPSA) is 113 Å². The summed E-state index contributed by atoms with van der Waals surface area (Å²) >= 11 is 1.42. The number of nitrogens with zero attached hydrogens (tertiary/aromatic N) is 3. The highest BCUT2D eigenvalue weighted by Gasteiger charge is 2.35. The largest absolute Gasteiger partial charge is 0.394 e. The van der Waals surface area contributed by atoms with Crippen molar-refractivity contribution < 1.29 is 14.9 Å². The predicted molar refractivity (Wildman–Crippen MR) is 70.7 cm³/mol. The molecule has 3 aliphatic heterocycles. The molecule has 3 rings (SSSR count). The number of aromatic amines is 1. The molecule has 0 aromatic heterocycles. The number of aliphatic hydroxyl groups is 2. The minimum absolute atomic E-state index is 0.239. The molecule has 0 aromatic rings. The van der Waals surface area contributed by atoms with Crippen LogP contribution in [0.1, 0.15) is 12.6 Å². The normalized spacial score (nSPS) is 26.4. The second-order valence-corrected chi connectivity index (χ2v) is 5.31. The van der Waals surface area contributed by atoms with E-state index in [1.54, 1.807) is 4.57 Å². The molecule has 0 saturated carbocycles. The Morgan fingerprint density at radius 1 is 1.65 bits per heavy atom. The molecule has 3 aliphatic rings. The van der Waals surface area contributed by atoms with Crippen molar-refractivity contribution >= 4 is 11.8 Å². The molecule has 1 saturated heterocycles. The van der Waals surface area contributed by atoms with Gasteiger partial charge in [0.05, 0.1) is 12.7 Å². The fraction of sp³-hybridized carbons (Fsp3) is 0.545. The van der Waals surface area contributed by atoms with Crippen LogP contribution in [0.15, 0.2) is 16.1 Å². The van der Waals surface area contributed by atoms with E-state index in [-0.39, 0.29) is 6.61 Å². The second kappa shape index (κ2) is 5.17. The maximum atomic E-state index is 11.3. The Morgan fingerprint density at radius 3 is 3.10 bits per heavy atom. The summed E-state index contributed by atoms with van der Waals surface area (Å²) in [6.07, 6.45) is 2.00. The maximum absolute atomic E-state index is 11.3. The van der Waals surface area contributed by atoms with Crippen LogP contribution in [0, 0.1) is 0 Å². The molecule has 108 valence electrons. The van der Waals surface area contributed by atoms with E-state index in [1.165, 1.54) is 18.1 Å². The molecule has 0 aromatic carbocycles. The first-order valence-electron chi connectivity index (χ1n) is 6.09. The van der Waals surface area contributed by atoms with Crippen molar-refractivity contribution in [1.82, 2.24) is 19.5 Å². The van der Waals surface area contributed by atoms with Crippen LogP contribution < -0.4 is 5.69 Å². The van der Waals surface area contributed by atoms with E-state index < -0.39 is 24.1 Å². The molecule has 3 atom stereocenters. The molecular formula is C11H14N4O4S. The van der Waals surface area contributed by atoms with Gasteiger partial charge in [0, 0.05) is 6.42 Å².